The summed E-state index contributed by atoms with van der Waals surface area (Å²) < 4.78 is 4.81. The predicted molar refractivity (Wildman–Crippen MR) is 160 cm³/mol. The van der Waals surface area contributed by atoms with Gasteiger partial charge in [0.1, 0.15) is 0 Å². The number of anilines is 3. The maximum absolute atomic E-state index is 2.46. The Balaban J connectivity index is 2.01. The molecule has 0 atom stereocenters. The first-order chi connectivity index (χ1) is 16.6. The van der Waals surface area contributed by atoms with Crippen LogP contribution in [0.15, 0.2) is 72.8 Å². The Morgan fingerprint density at radius 2 is 0.588 bits per heavy atom. The van der Waals surface area contributed by atoms with Crippen LogP contribution in [0.4, 0.5) is 17.1 Å². The fourth-order valence-corrected chi connectivity index (χ4v) is 15.7. The second kappa shape index (κ2) is 14.0. The molecular formula is C30H42As3N. The number of hydrogen-bond donors (Lipinski definition) is 0. The van der Waals surface area contributed by atoms with Crippen LogP contribution in [0.3, 0.4) is 0 Å². The molecule has 0 aliphatic heterocycles. The fraction of sp³-hybridized carbons (Fsp3) is 0.400. The summed E-state index contributed by atoms with van der Waals surface area (Å²) in [4.78, 5) is 2.46. The normalized spacial score (nSPS) is 11.6. The molecule has 0 amide bonds. The van der Waals surface area contributed by atoms with E-state index in [4.69, 9.17) is 0 Å². The summed E-state index contributed by atoms with van der Waals surface area (Å²) in [5.41, 5.74) is 3.81. The van der Waals surface area contributed by atoms with Gasteiger partial charge in [0.05, 0.1) is 0 Å². The van der Waals surface area contributed by atoms with Gasteiger partial charge in [0.2, 0.25) is 0 Å². The number of benzene rings is 3. The van der Waals surface area contributed by atoms with Gasteiger partial charge in [-0.25, -0.2) is 0 Å². The summed E-state index contributed by atoms with van der Waals surface area (Å²) >= 11 is -2.65. The van der Waals surface area contributed by atoms with Crippen molar-refractivity contribution in [3.05, 3.63) is 72.8 Å². The van der Waals surface area contributed by atoms with Crippen LogP contribution in [-0.2, 0) is 0 Å². The van der Waals surface area contributed by atoms with E-state index < -0.39 is 44.0 Å². The van der Waals surface area contributed by atoms with E-state index in [0.29, 0.717) is 0 Å². The Hall–Kier alpha value is -0.865. The van der Waals surface area contributed by atoms with Gasteiger partial charge in [0, 0.05) is 0 Å². The van der Waals surface area contributed by atoms with Gasteiger partial charge < -0.3 is 0 Å². The Labute approximate surface area is 223 Å². The standard InChI is InChI=1S/C30H42As3N/c1-7-31(8-2)25-13-19-28(20-14-25)34(29-21-15-26(16-22-29)32(9-3)10-4)30-23-17-27(18-24-30)33(11-5)12-6/h13-24H,7-12H2,1-6H3. The average Bonchev–Trinajstić information content (AvgIpc) is 2.89. The second-order valence-corrected chi connectivity index (χ2v) is 26.4. The van der Waals surface area contributed by atoms with Gasteiger partial charge in [0.15, 0.2) is 0 Å². The van der Waals surface area contributed by atoms with Crippen molar-refractivity contribution in [2.45, 2.75) is 72.8 Å². The molecule has 0 aliphatic rings. The third-order valence-electron chi connectivity index (χ3n) is 6.71. The first-order valence-electron chi connectivity index (χ1n) is 12.9. The van der Waals surface area contributed by atoms with Crippen LogP contribution in [0.2, 0.25) is 31.3 Å². The molecule has 0 unspecified atom stereocenters. The van der Waals surface area contributed by atoms with Gasteiger partial charge in [-0.1, -0.05) is 0 Å². The van der Waals surface area contributed by atoms with E-state index in [0.717, 1.165) is 0 Å². The zero-order valence-corrected chi connectivity index (χ0v) is 27.6. The van der Waals surface area contributed by atoms with Crippen molar-refractivity contribution in [2.24, 2.45) is 0 Å². The zero-order chi connectivity index (χ0) is 24.5. The van der Waals surface area contributed by atoms with Gasteiger partial charge in [-0.15, -0.1) is 0 Å². The fourth-order valence-electron chi connectivity index (χ4n) is 4.65. The van der Waals surface area contributed by atoms with E-state index in [2.05, 4.69) is 119 Å². The van der Waals surface area contributed by atoms with Crippen LogP contribution >= 0.6 is 0 Å². The molecule has 1 nitrogen and oxygen atoms in total. The van der Waals surface area contributed by atoms with Crippen LogP contribution in [0.5, 0.6) is 0 Å². The van der Waals surface area contributed by atoms with Crippen molar-refractivity contribution < 1.29 is 0 Å². The number of nitrogens with zero attached hydrogens (tertiary/aromatic N) is 1. The Bertz CT molecular complexity index is 839. The molecule has 0 heterocycles. The topological polar surface area (TPSA) is 3.24 Å². The molecule has 0 aromatic heterocycles. The van der Waals surface area contributed by atoms with Crippen molar-refractivity contribution in [1.29, 1.82) is 0 Å². The van der Waals surface area contributed by atoms with E-state index in [1.165, 1.54) is 48.3 Å². The van der Waals surface area contributed by atoms with Crippen LogP contribution in [-0.4, -0.2) is 44.0 Å². The van der Waals surface area contributed by atoms with E-state index in [-0.39, 0.29) is 0 Å². The quantitative estimate of drug-likeness (QED) is 0.187. The molecule has 0 radical (unpaired) electrons. The van der Waals surface area contributed by atoms with Crippen molar-refractivity contribution in [3.8, 4) is 0 Å². The molecular weight excluding hydrogens is 599 g/mol. The van der Waals surface area contributed by atoms with E-state index in [1.807, 2.05) is 0 Å². The summed E-state index contributed by atoms with van der Waals surface area (Å²) in [7, 11) is 0. The molecule has 0 bridgehead atoms. The van der Waals surface area contributed by atoms with Crippen LogP contribution in [0.1, 0.15) is 41.5 Å². The molecule has 0 saturated carbocycles. The van der Waals surface area contributed by atoms with E-state index in [1.54, 1.807) is 13.1 Å². The Morgan fingerprint density at radius 3 is 0.765 bits per heavy atom. The minimum atomic E-state index is -0.883. The average molecular weight is 641 g/mol. The van der Waals surface area contributed by atoms with E-state index >= 15 is 0 Å². The molecule has 34 heavy (non-hydrogen) atoms. The Morgan fingerprint density at radius 1 is 0.382 bits per heavy atom. The number of hydrogen-bond acceptors (Lipinski definition) is 1. The number of rotatable bonds is 12. The van der Waals surface area contributed by atoms with Gasteiger partial charge in [0.25, 0.3) is 0 Å². The predicted octanol–water partition coefficient (Wildman–Crippen LogP) is 7.38. The first kappa shape index (κ1) is 27.7. The molecule has 4 heteroatoms. The van der Waals surface area contributed by atoms with Crippen molar-refractivity contribution >= 4 is 74.1 Å². The molecule has 0 N–H and O–H groups in total. The molecule has 0 saturated heterocycles. The molecule has 3 rings (SSSR count). The van der Waals surface area contributed by atoms with Gasteiger partial charge in [-0.3, -0.25) is 0 Å². The summed E-state index contributed by atoms with van der Waals surface area (Å²) in [6.07, 6.45) is 0. The minimum absolute atomic E-state index is 0.883. The van der Waals surface area contributed by atoms with Crippen molar-refractivity contribution in [1.82, 2.24) is 0 Å². The zero-order valence-electron chi connectivity index (χ0n) is 22.0. The van der Waals surface area contributed by atoms with Crippen LogP contribution in [0.25, 0.3) is 0 Å². The molecule has 3 aromatic carbocycles. The summed E-state index contributed by atoms with van der Waals surface area (Å²) in [5.74, 6) is 0. The second-order valence-electron chi connectivity index (χ2n) is 8.40. The summed E-state index contributed by atoms with van der Waals surface area (Å²) in [5, 5.41) is 8.06. The molecule has 0 fully saturated rings. The SMILES string of the molecule is CC[As](CC)c1ccc(N(c2ccc([As](CC)CC)cc2)c2ccc([As](CC)CC)cc2)cc1. The van der Waals surface area contributed by atoms with Crippen LogP contribution < -0.4 is 18.0 Å². The molecule has 182 valence electrons. The van der Waals surface area contributed by atoms with Gasteiger partial charge in [-0.2, -0.15) is 0 Å². The maximum atomic E-state index is 2.46. The third-order valence-corrected chi connectivity index (χ3v) is 22.8. The van der Waals surface area contributed by atoms with Crippen molar-refractivity contribution in [2.75, 3.05) is 4.90 Å². The summed E-state index contributed by atoms with van der Waals surface area (Å²) in [6, 6.07) is 28.6. The monoisotopic (exact) mass is 641 g/mol. The molecule has 0 spiro atoms. The summed E-state index contributed by atoms with van der Waals surface area (Å²) in [6.45, 7) is 14.2. The van der Waals surface area contributed by atoms with Gasteiger partial charge >= 0.3 is 225 Å². The third kappa shape index (κ3) is 6.66. The van der Waals surface area contributed by atoms with Crippen molar-refractivity contribution in [3.63, 3.8) is 0 Å². The first-order valence-corrected chi connectivity index (χ1v) is 23.7. The van der Waals surface area contributed by atoms with E-state index in [9.17, 15) is 0 Å². The van der Waals surface area contributed by atoms with Gasteiger partial charge in [-0.05, 0) is 0 Å². The molecule has 0 aliphatic carbocycles. The Kier molecular flexibility index (Phi) is 11.4. The molecule has 3 aromatic rings. The van der Waals surface area contributed by atoms with Crippen LogP contribution in [0, 0.1) is 0 Å².